The molecule has 0 aromatic heterocycles. The maximum atomic E-state index is 11.6. The van der Waals surface area contributed by atoms with E-state index in [-0.39, 0.29) is 11.2 Å². The predicted octanol–water partition coefficient (Wildman–Crippen LogP) is 4.20. The van der Waals surface area contributed by atoms with E-state index >= 15 is 0 Å². The highest BCUT2D eigenvalue weighted by Gasteiger charge is 2.37. The Labute approximate surface area is 132 Å². The van der Waals surface area contributed by atoms with Crippen LogP contribution in [-0.2, 0) is 9.05 Å². The highest BCUT2D eigenvalue weighted by atomic mass is 35.7. The molecule has 1 aromatic rings. The summed E-state index contributed by atoms with van der Waals surface area (Å²) >= 11 is 0. The SMILES string of the molecule is Cc1cccc(C)c1OCC1(CS(=O)(=O)Cl)CCCCC1. The smallest absolute Gasteiger partial charge is 0.233 e. The van der Waals surface area contributed by atoms with Crippen LogP contribution in [0.15, 0.2) is 18.2 Å². The van der Waals surface area contributed by atoms with Crippen molar-refractivity contribution in [2.75, 3.05) is 12.4 Å². The Bertz CT molecular complexity index is 569. The van der Waals surface area contributed by atoms with Crippen LogP contribution >= 0.6 is 10.7 Å². The Balaban J connectivity index is 2.16. The summed E-state index contributed by atoms with van der Waals surface area (Å²) in [5.74, 6) is 0.876. The summed E-state index contributed by atoms with van der Waals surface area (Å²) in [6, 6.07) is 6.01. The summed E-state index contributed by atoms with van der Waals surface area (Å²) < 4.78 is 29.2. The molecule has 1 aliphatic rings. The van der Waals surface area contributed by atoms with Crippen molar-refractivity contribution >= 4 is 19.7 Å². The molecule has 0 N–H and O–H groups in total. The van der Waals surface area contributed by atoms with Crippen molar-refractivity contribution in [1.29, 1.82) is 0 Å². The normalized spacial score (nSPS) is 18.4. The zero-order valence-electron chi connectivity index (χ0n) is 12.7. The summed E-state index contributed by atoms with van der Waals surface area (Å²) in [7, 11) is 2.00. The van der Waals surface area contributed by atoms with Crippen LogP contribution < -0.4 is 4.74 Å². The summed E-state index contributed by atoms with van der Waals surface area (Å²) in [6.45, 7) is 4.44. The predicted molar refractivity (Wildman–Crippen MR) is 86.6 cm³/mol. The maximum absolute atomic E-state index is 11.6. The van der Waals surface area contributed by atoms with Gasteiger partial charge in [-0.05, 0) is 37.8 Å². The molecule has 0 saturated heterocycles. The van der Waals surface area contributed by atoms with E-state index in [1.807, 2.05) is 32.0 Å². The van der Waals surface area contributed by atoms with Crippen LogP contribution in [0.5, 0.6) is 5.75 Å². The number of para-hydroxylation sites is 1. The molecule has 1 saturated carbocycles. The standard InChI is InChI=1S/C16H23ClO3S/c1-13-7-6-8-14(2)15(13)20-11-16(12-21(17,18)19)9-4-3-5-10-16/h6-8H,3-5,9-12H2,1-2H3. The Morgan fingerprint density at radius 3 is 2.24 bits per heavy atom. The first-order chi connectivity index (χ1) is 9.81. The molecule has 0 spiro atoms. The summed E-state index contributed by atoms with van der Waals surface area (Å²) in [5.41, 5.74) is 1.82. The van der Waals surface area contributed by atoms with Gasteiger partial charge in [-0.15, -0.1) is 0 Å². The average molecular weight is 331 g/mol. The third-order valence-electron chi connectivity index (χ3n) is 4.32. The quantitative estimate of drug-likeness (QED) is 0.760. The van der Waals surface area contributed by atoms with Crippen LogP contribution in [0.4, 0.5) is 0 Å². The number of hydrogen-bond acceptors (Lipinski definition) is 3. The number of ether oxygens (including phenoxy) is 1. The fraction of sp³-hybridized carbons (Fsp3) is 0.625. The second kappa shape index (κ2) is 6.57. The van der Waals surface area contributed by atoms with Crippen LogP contribution in [-0.4, -0.2) is 20.8 Å². The van der Waals surface area contributed by atoms with Crippen molar-refractivity contribution in [3.05, 3.63) is 29.3 Å². The van der Waals surface area contributed by atoms with Gasteiger partial charge in [0.25, 0.3) is 0 Å². The molecular formula is C16H23ClO3S. The van der Waals surface area contributed by atoms with Gasteiger partial charge in [0, 0.05) is 16.1 Å². The van der Waals surface area contributed by atoms with Crippen LogP contribution in [0.25, 0.3) is 0 Å². The fourth-order valence-electron chi connectivity index (χ4n) is 3.25. The van der Waals surface area contributed by atoms with Gasteiger partial charge in [0.05, 0.1) is 12.4 Å². The first kappa shape index (κ1) is 16.6. The van der Waals surface area contributed by atoms with E-state index in [1.54, 1.807) is 0 Å². The molecule has 0 unspecified atom stereocenters. The molecule has 1 aliphatic carbocycles. The van der Waals surface area contributed by atoms with Crippen molar-refractivity contribution in [1.82, 2.24) is 0 Å². The minimum atomic E-state index is -3.51. The van der Waals surface area contributed by atoms with Gasteiger partial charge in [-0.2, -0.15) is 0 Å². The fourth-order valence-corrected chi connectivity index (χ4v) is 5.05. The lowest BCUT2D eigenvalue weighted by atomic mass is 9.76. The van der Waals surface area contributed by atoms with E-state index in [9.17, 15) is 8.42 Å². The number of halogens is 1. The number of benzene rings is 1. The van der Waals surface area contributed by atoms with E-state index in [2.05, 4.69) is 0 Å². The first-order valence-corrected chi connectivity index (χ1v) is 9.91. The van der Waals surface area contributed by atoms with Gasteiger partial charge in [-0.25, -0.2) is 8.42 Å². The molecule has 118 valence electrons. The Morgan fingerprint density at radius 1 is 1.14 bits per heavy atom. The molecule has 0 amide bonds. The third-order valence-corrected chi connectivity index (χ3v) is 5.61. The lowest BCUT2D eigenvalue weighted by Crippen LogP contribution is -2.37. The second-order valence-electron chi connectivity index (χ2n) is 6.25. The molecular weight excluding hydrogens is 308 g/mol. The zero-order valence-corrected chi connectivity index (χ0v) is 14.3. The van der Waals surface area contributed by atoms with Gasteiger partial charge in [0.1, 0.15) is 5.75 Å². The van der Waals surface area contributed by atoms with Crippen molar-refractivity contribution < 1.29 is 13.2 Å². The van der Waals surface area contributed by atoms with Crippen molar-refractivity contribution in [2.24, 2.45) is 5.41 Å². The summed E-state index contributed by atoms with van der Waals surface area (Å²) in [5, 5.41) is 0. The average Bonchev–Trinajstić information content (AvgIpc) is 2.37. The Hall–Kier alpha value is -0.740. The molecule has 0 atom stereocenters. The maximum Gasteiger partial charge on any atom is 0.233 e. The first-order valence-electron chi connectivity index (χ1n) is 7.43. The van der Waals surface area contributed by atoms with E-state index < -0.39 is 9.05 Å². The Kier molecular flexibility index (Phi) is 5.20. The van der Waals surface area contributed by atoms with E-state index in [4.69, 9.17) is 15.4 Å². The van der Waals surface area contributed by atoms with Gasteiger partial charge >= 0.3 is 0 Å². The molecule has 5 heteroatoms. The molecule has 1 fully saturated rings. The molecule has 0 aliphatic heterocycles. The molecule has 0 bridgehead atoms. The van der Waals surface area contributed by atoms with Crippen LogP contribution in [0, 0.1) is 19.3 Å². The molecule has 1 aromatic carbocycles. The topological polar surface area (TPSA) is 43.4 Å². The highest BCUT2D eigenvalue weighted by Crippen LogP contribution is 2.39. The lowest BCUT2D eigenvalue weighted by molar-refractivity contribution is 0.118. The lowest BCUT2D eigenvalue weighted by Gasteiger charge is -2.36. The van der Waals surface area contributed by atoms with Gasteiger partial charge < -0.3 is 4.74 Å². The van der Waals surface area contributed by atoms with Gasteiger partial charge in [0.2, 0.25) is 9.05 Å². The minimum absolute atomic E-state index is 0.00643. The van der Waals surface area contributed by atoms with Crippen LogP contribution in [0.1, 0.15) is 43.2 Å². The monoisotopic (exact) mass is 330 g/mol. The summed E-state index contributed by atoms with van der Waals surface area (Å²) in [4.78, 5) is 0. The van der Waals surface area contributed by atoms with Gasteiger partial charge in [0.15, 0.2) is 0 Å². The van der Waals surface area contributed by atoms with Crippen molar-refractivity contribution in [3.8, 4) is 5.75 Å². The van der Waals surface area contributed by atoms with Gasteiger partial charge in [-0.3, -0.25) is 0 Å². The molecule has 2 rings (SSSR count). The molecule has 3 nitrogen and oxygen atoms in total. The zero-order chi connectivity index (χ0) is 15.5. The molecule has 0 heterocycles. The Morgan fingerprint density at radius 2 is 1.71 bits per heavy atom. The number of rotatable bonds is 5. The number of aryl methyl sites for hydroxylation is 2. The minimum Gasteiger partial charge on any atom is -0.492 e. The largest absolute Gasteiger partial charge is 0.492 e. The molecule has 21 heavy (non-hydrogen) atoms. The number of hydrogen-bond donors (Lipinski definition) is 0. The second-order valence-corrected chi connectivity index (χ2v) is 9.03. The van der Waals surface area contributed by atoms with Crippen LogP contribution in [0.2, 0.25) is 0 Å². The van der Waals surface area contributed by atoms with Crippen LogP contribution in [0.3, 0.4) is 0 Å². The summed E-state index contributed by atoms with van der Waals surface area (Å²) in [6.07, 6.45) is 4.98. The molecule has 0 radical (unpaired) electrons. The highest BCUT2D eigenvalue weighted by molar-refractivity contribution is 8.13. The van der Waals surface area contributed by atoms with Gasteiger partial charge in [-0.1, -0.05) is 37.5 Å². The van der Waals surface area contributed by atoms with Crippen molar-refractivity contribution in [3.63, 3.8) is 0 Å². The van der Waals surface area contributed by atoms with E-state index in [0.29, 0.717) is 6.61 Å². The third kappa shape index (κ3) is 4.62. The van der Waals surface area contributed by atoms with E-state index in [0.717, 1.165) is 49.0 Å². The van der Waals surface area contributed by atoms with E-state index in [1.165, 1.54) is 0 Å². The van der Waals surface area contributed by atoms with Crippen molar-refractivity contribution in [2.45, 2.75) is 46.0 Å².